The molecule has 1 fully saturated rings. The van der Waals surface area contributed by atoms with Crippen LogP contribution in [0.25, 0.3) is 0 Å². The van der Waals surface area contributed by atoms with Crippen LogP contribution >= 0.6 is 0 Å². The fraction of sp³-hybridized carbons (Fsp3) is 0.500. The molecule has 2 rings (SSSR count). The lowest BCUT2D eigenvalue weighted by Gasteiger charge is -2.35. The summed E-state index contributed by atoms with van der Waals surface area (Å²) in [6, 6.07) is 0. The monoisotopic (exact) mass is 211 g/mol. The van der Waals surface area contributed by atoms with Gasteiger partial charge in [-0.05, 0) is 0 Å². The highest BCUT2D eigenvalue weighted by atomic mass is 16.8. The Bertz CT molecular complexity index is 361. The second-order valence-electron chi connectivity index (χ2n) is 3.24. The molecule has 1 saturated heterocycles. The van der Waals surface area contributed by atoms with Crippen molar-refractivity contribution in [3.63, 3.8) is 0 Å². The Morgan fingerprint density at radius 2 is 2.13 bits per heavy atom. The summed E-state index contributed by atoms with van der Waals surface area (Å²) in [7, 11) is 1.27. The number of hydrogen-bond acceptors (Lipinski definition) is 6. The van der Waals surface area contributed by atoms with Gasteiger partial charge in [0.15, 0.2) is 7.11 Å². The molecule has 1 aromatic heterocycles. The van der Waals surface area contributed by atoms with Gasteiger partial charge in [0.1, 0.15) is 12.4 Å². The molecule has 0 saturated carbocycles. The van der Waals surface area contributed by atoms with E-state index in [-0.39, 0.29) is 11.8 Å². The van der Waals surface area contributed by atoms with Gasteiger partial charge < -0.3 is 10.0 Å². The molecule has 15 heavy (non-hydrogen) atoms. The molecule has 0 radical (unpaired) electrons. The third kappa shape index (κ3) is 1.86. The summed E-state index contributed by atoms with van der Waals surface area (Å²) in [5.74, 6) is 0.508. The van der Waals surface area contributed by atoms with Gasteiger partial charge in [-0.2, -0.15) is 0 Å². The van der Waals surface area contributed by atoms with E-state index in [9.17, 15) is 4.91 Å². The Morgan fingerprint density at radius 1 is 1.53 bits per heavy atom. The second kappa shape index (κ2) is 3.77. The summed E-state index contributed by atoms with van der Waals surface area (Å²) in [4.78, 5) is 25.5. The lowest BCUT2D eigenvalue weighted by molar-refractivity contribution is -0.736. The summed E-state index contributed by atoms with van der Waals surface area (Å²) in [5.41, 5.74) is 0.238. The van der Waals surface area contributed by atoms with Gasteiger partial charge >= 0.3 is 5.69 Å². The highest BCUT2D eigenvalue weighted by Gasteiger charge is 2.27. The average molecular weight is 211 g/mol. The van der Waals surface area contributed by atoms with Crippen LogP contribution in [0, 0.1) is 4.91 Å². The number of hydrogen-bond donors (Lipinski definition) is 1. The summed E-state index contributed by atoms with van der Waals surface area (Å²) in [6.45, 7) is 1.06. The largest absolute Gasteiger partial charge is 0.389 e. The van der Waals surface area contributed by atoms with Crippen molar-refractivity contribution in [3.8, 4) is 0 Å². The van der Waals surface area contributed by atoms with Crippen LogP contribution in [0.1, 0.15) is 0 Å². The molecule has 0 aromatic carbocycles. The molecule has 0 unspecified atom stereocenters. The molecule has 0 bridgehead atoms. The van der Waals surface area contributed by atoms with Gasteiger partial charge in [0, 0.05) is 13.1 Å². The van der Waals surface area contributed by atoms with E-state index in [1.807, 2.05) is 4.90 Å². The van der Waals surface area contributed by atoms with Gasteiger partial charge in [-0.15, -0.1) is 0 Å². The number of anilines is 1. The fourth-order valence-electron chi connectivity index (χ4n) is 1.30. The van der Waals surface area contributed by atoms with Crippen molar-refractivity contribution in [1.82, 2.24) is 9.97 Å². The summed E-state index contributed by atoms with van der Waals surface area (Å²) >= 11 is 0. The molecule has 0 atom stereocenters. The van der Waals surface area contributed by atoms with Crippen molar-refractivity contribution < 1.29 is 14.9 Å². The van der Waals surface area contributed by atoms with Crippen LogP contribution in [-0.4, -0.2) is 46.3 Å². The van der Waals surface area contributed by atoms with E-state index in [1.165, 1.54) is 19.5 Å². The van der Waals surface area contributed by atoms with Gasteiger partial charge in [0.2, 0.25) is 5.95 Å². The van der Waals surface area contributed by atoms with Gasteiger partial charge in [-0.3, -0.25) is 0 Å². The predicted molar refractivity (Wildman–Crippen MR) is 50.5 cm³/mol. The number of aliphatic hydroxyl groups excluding tert-OH is 1. The van der Waals surface area contributed by atoms with Crippen molar-refractivity contribution in [2.24, 2.45) is 0 Å². The third-order valence-corrected chi connectivity index (χ3v) is 2.15. The number of β-amino-alcohol motifs (C(OH)–C–C–N with tert-alkyl or cyclic N) is 1. The van der Waals surface area contributed by atoms with E-state index in [0.29, 0.717) is 24.0 Å². The lowest BCUT2D eigenvalue weighted by atomic mass is 10.2. The standard InChI is InChI=1S/C8H11N4O3/c1-15-12(14)6-2-9-8(10-3-6)11-4-7(13)5-11/h2-3,7,13H,4-5H2,1H3/q+1. The normalized spacial score (nSPS) is 16.0. The summed E-state index contributed by atoms with van der Waals surface area (Å²) in [6.07, 6.45) is 2.45. The van der Waals surface area contributed by atoms with Crippen LogP contribution < -0.4 is 4.90 Å². The highest BCUT2D eigenvalue weighted by Crippen LogP contribution is 2.17. The van der Waals surface area contributed by atoms with Gasteiger partial charge in [-0.25, -0.2) is 14.8 Å². The average Bonchev–Trinajstić information content (AvgIpc) is 2.24. The van der Waals surface area contributed by atoms with Crippen LogP contribution in [0.15, 0.2) is 12.4 Å². The summed E-state index contributed by atoms with van der Waals surface area (Å²) in [5, 5.41) is 9.09. The minimum absolute atomic E-state index is 0.238. The van der Waals surface area contributed by atoms with E-state index < -0.39 is 0 Å². The SMILES string of the molecule is CO[N+](=O)c1cnc(N2CC(O)C2)nc1. The van der Waals surface area contributed by atoms with Crippen LogP contribution in [0.3, 0.4) is 0 Å². The van der Waals surface area contributed by atoms with E-state index in [1.54, 1.807) is 0 Å². The molecule has 1 N–H and O–H groups in total. The molecule has 0 amide bonds. The maximum Gasteiger partial charge on any atom is 0.353 e. The first-order chi connectivity index (χ1) is 7.20. The molecule has 0 aliphatic carbocycles. The van der Waals surface area contributed by atoms with E-state index >= 15 is 0 Å². The first kappa shape index (κ1) is 9.78. The van der Waals surface area contributed by atoms with E-state index in [2.05, 4.69) is 14.8 Å². The van der Waals surface area contributed by atoms with Crippen molar-refractivity contribution in [2.45, 2.75) is 6.10 Å². The van der Waals surface area contributed by atoms with Crippen LogP contribution in [0.5, 0.6) is 0 Å². The number of rotatable bonds is 3. The lowest BCUT2D eigenvalue weighted by Crippen LogP contribution is -2.51. The zero-order chi connectivity index (χ0) is 10.8. The molecule has 0 spiro atoms. The topological polar surface area (TPSA) is 78.6 Å². The van der Waals surface area contributed by atoms with E-state index in [4.69, 9.17) is 5.11 Å². The maximum atomic E-state index is 11.0. The molecule has 80 valence electrons. The molecular weight excluding hydrogens is 200 g/mol. The van der Waals surface area contributed by atoms with Crippen molar-refractivity contribution in [2.75, 3.05) is 25.1 Å². The van der Waals surface area contributed by atoms with Gasteiger partial charge in [-0.1, -0.05) is 0 Å². The number of nitrogens with zero attached hydrogens (tertiary/aromatic N) is 4. The highest BCUT2D eigenvalue weighted by molar-refractivity contribution is 5.36. The molecule has 7 nitrogen and oxygen atoms in total. The first-order valence-corrected chi connectivity index (χ1v) is 4.47. The first-order valence-electron chi connectivity index (χ1n) is 4.47. The minimum Gasteiger partial charge on any atom is -0.389 e. The van der Waals surface area contributed by atoms with Crippen LogP contribution in [0.2, 0.25) is 0 Å². The Kier molecular flexibility index (Phi) is 2.46. The summed E-state index contributed by atoms with van der Waals surface area (Å²) < 4.78 is 0. The molecule has 1 aliphatic rings. The van der Waals surface area contributed by atoms with Gasteiger partial charge in [0.25, 0.3) is 4.92 Å². The van der Waals surface area contributed by atoms with Gasteiger partial charge in [0.05, 0.1) is 11.0 Å². The number of aromatic nitrogens is 2. The predicted octanol–water partition coefficient (Wildman–Crippen LogP) is -0.371. The molecule has 7 heteroatoms. The Hall–Kier alpha value is -1.76. The maximum absolute atomic E-state index is 11.0. The van der Waals surface area contributed by atoms with Crippen LogP contribution in [0.4, 0.5) is 11.6 Å². The van der Waals surface area contributed by atoms with Crippen LogP contribution in [-0.2, 0) is 4.84 Å². The smallest absolute Gasteiger partial charge is 0.353 e. The van der Waals surface area contributed by atoms with Crippen molar-refractivity contribution in [3.05, 3.63) is 17.3 Å². The Balaban J connectivity index is 2.07. The van der Waals surface area contributed by atoms with Crippen molar-refractivity contribution >= 4 is 11.6 Å². The molecule has 1 aromatic rings. The zero-order valence-corrected chi connectivity index (χ0v) is 8.20. The zero-order valence-electron chi connectivity index (χ0n) is 8.20. The fourth-order valence-corrected chi connectivity index (χ4v) is 1.30. The third-order valence-electron chi connectivity index (χ3n) is 2.15. The second-order valence-corrected chi connectivity index (χ2v) is 3.24. The molecule has 1 aliphatic heterocycles. The molecular formula is C8H11N4O3+. The van der Waals surface area contributed by atoms with Crippen molar-refractivity contribution in [1.29, 1.82) is 0 Å². The Morgan fingerprint density at radius 3 is 2.60 bits per heavy atom. The molecule has 2 heterocycles. The number of aliphatic hydroxyl groups is 1. The quantitative estimate of drug-likeness (QED) is 0.687. The Labute approximate surface area is 85.9 Å². The minimum atomic E-state index is -0.303. The van der Waals surface area contributed by atoms with E-state index in [0.717, 1.165) is 0 Å².